The van der Waals surface area contributed by atoms with Gasteiger partial charge in [0.25, 0.3) is 5.56 Å². The van der Waals surface area contributed by atoms with Crippen LogP contribution in [0.25, 0.3) is 0 Å². The minimum atomic E-state index is -0.511. The van der Waals surface area contributed by atoms with Crippen molar-refractivity contribution in [1.29, 1.82) is 0 Å². The molecule has 1 atom stereocenters. The highest BCUT2D eigenvalue weighted by Crippen LogP contribution is 2.14. The predicted octanol–water partition coefficient (Wildman–Crippen LogP) is 1.76. The van der Waals surface area contributed by atoms with Crippen LogP contribution in [0.3, 0.4) is 0 Å². The van der Waals surface area contributed by atoms with Gasteiger partial charge in [-0.2, -0.15) is 0 Å². The predicted molar refractivity (Wildman–Crippen MR) is 73.8 cm³/mol. The van der Waals surface area contributed by atoms with Crippen LogP contribution in [0.1, 0.15) is 31.0 Å². The smallest absolute Gasteiger partial charge is 0.297 e. The Labute approximate surface area is 114 Å². The normalized spacial score (nSPS) is 12.4. The first-order valence-electron chi connectivity index (χ1n) is 5.99. The molecule has 0 amide bonds. The summed E-state index contributed by atoms with van der Waals surface area (Å²) >= 11 is 5.88. The van der Waals surface area contributed by atoms with E-state index in [4.69, 9.17) is 11.6 Å². The number of H-pyrrole nitrogens is 1. The van der Waals surface area contributed by atoms with Gasteiger partial charge in [0.2, 0.25) is 0 Å². The SMILES string of the molecule is CCc1c(Cl)[nH]c(=O)n(C(C)c2cccnc2)c1=O. The zero-order valence-corrected chi connectivity index (χ0v) is 11.4. The Morgan fingerprint density at radius 3 is 2.79 bits per heavy atom. The van der Waals surface area contributed by atoms with Crippen LogP contribution in [0.2, 0.25) is 5.15 Å². The highest BCUT2D eigenvalue weighted by molar-refractivity contribution is 6.30. The molecule has 0 saturated carbocycles. The number of hydrogen-bond donors (Lipinski definition) is 1. The molecular weight excluding hydrogens is 266 g/mol. The van der Waals surface area contributed by atoms with Crippen molar-refractivity contribution in [2.45, 2.75) is 26.3 Å². The van der Waals surface area contributed by atoms with Gasteiger partial charge in [-0.3, -0.25) is 19.3 Å². The lowest BCUT2D eigenvalue weighted by molar-refractivity contribution is 0.570. The summed E-state index contributed by atoms with van der Waals surface area (Å²) in [5, 5.41) is 0.118. The van der Waals surface area contributed by atoms with Crippen LogP contribution in [0.4, 0.5) is 0 Å². The van der Waals surface area contributed by atoms with Crippen LogP contribution >= 0.6 is 11.6 Å². The molecule has 6 heteroatoms. The van der Waals surface area contributed by atoms with Gasteiger partial charge in [0.15, 0.2) is 0 Å². The maximum atomic E-state index is 12.3. The first-order chi connectivity index (χ1) is 9.06. The van der Waals surface area contributed by atoms with Crippen molar-refractivity contribution in [2.24, 2.45) is 0 Å². The summed E-state index contributed by atoms with van der Waals surface area (Å²) < 4.78 is 1.17. The third kappa shape index (κ3) is 2.46. The lowest BCUT2D eigenvalue weighted by Crippen LogP contribution is -2.39. The number of halogens is 1. The van der Waals surface area contributed by atoms with E-state index in [1.165, 1.54) is 4.57 Å². The van der Waals surface area contributed by atoms with E-state index in [-0.39, 0.29) is 10.7 Å². The van der Waals surface area contributed by atoms with Gasteiger partial charge in [-0.05, 0) is 25.0 Å². The standard InChI is InChI=1S/C13H14ClN3O2/c1-3-10-11(14)16-13(19)17(12(10)18)8(2)9-5-4-6-15-7-9/h4-8H,3H2,1-2H3,(H,16,19). The maximum Gasteiger partial charge on any atom is 0.330 e. The molecular formula is C13H14ClN3O2. The largest absolute Gasteiger partial charge is 0.330 e. The molecule has 0 aromatic carbocycles. The van der Waals surface area contributed by atoms with Crippen LogP contribution in [0.15, 0.2) is 34.1 Å². The van der Waals surface area contributed by atoms with E-state index >= 15 is 0 Å². The number of rotatable bonds is 3. The molecule has 0 bridgehead atoms. The first kappa shape index (κ1) is 13.5. The summed E-state index contributed by atoms with van der Waals surface area (Å²) in [4.78, 5) is 30.7. The van der Waals surface area contributed by atoms with E-state index in [9.17, 15) is 9.59 Å². The van der Waals surface area contributed by atoms with E-state index < -0.39 is 11.7 Å². The van der Waals surface area contributed by atoms with Crippen molar-refractivity contribution in [3.05, 3.63) is 61.6 Å². The topological polar surface area (TPSA) is 67.8 Å². The van der Waals surface area contributed by atoms with Crippen molar-refractivity contribution in [2.75, 3.05) is 0 Å². The lowest BCUT2D eigenvalue weighted by Gasteiger charge is -2.15. The highest BCUT2D eigenvalue weighted by atomic mass is 35.5. The fourth-order valence-corrected chi connectivity index (χ4v) is 2.29. The minimum Gasteiger partial charge on any atom is -0.297 e. The number of nitrogens with zero attached hydrogens (tertiary/aromatic N) is 2. The second-order valence-corrected chi connectivity index (χ2v) is 4.59. The Kier molecular flexibility index (Phi) is 3.85. The van der Waals surface area contributed by atoms with Gasteiger partial charge >= 0.3 is 5.69 Å². The average molecular weight is 280 g/mol. The molecule has 2 heterocycles. The molecule has 0 aliphatic carbocycles. The first-order valence-corrected chi connectivity index (χ1v) is 6.37. The van der Waals surface area contributed by atoms with Gasteiger partial charge < -0.3 is 0 Å². The number of pyridine rings is 1. The summed E-state index contributed by atoms with van der Waals surface area (Å²) in [5.41, 5.74) is 0.340. The summed E-state index contributed by atoms with van der Waals surface area (Å²) in [6, 6.07) is 3.19. The number of aromatic nitrogens is 3. The Hall–Kier alpha value is -1.88. The second kappa shape index (κ2) is 5.40. The van der Waals surface area contributed by atoms with Crippen LogP contribution in [-0.2, 0) is 6.42 Å². The van der Waals surface area contributed by atoms with Gasteiger partial charge in [0, 0.05) is 12.4 Å². The number of hydrogen-bond acceptors (Lipinski definition) is 3. The molecule has 2 aromatic heterocycles. The molecule has 0 fully saturated rings. The number of aromatic amines is 1. The van der Waals surface area contributed by atoms with Gasteiger partial charge in [0.1, 0.15) is 5.15 Å². The third-order valence-electron chi connectivity index (χ3n) is 3.09. The minimum absolute atomic E-state index is 0.118. The monoisotopic (exact) mass is 279 g/mol. The molecule has 1 N–H and O–H groups in total. The van der Waals surface area contributed by atoms with Crippen LogP contribution in [-0.4, -0.2) is 14.5 Å². The Morgan fingerprint density at radius 2 is 2.21 bits per heavy atom. The molecule has 100 valence electrons. The fourth-order valence-electron chi connectivity index (χ4n) is 1.99. The lowest BCUT2D eigenvalue weighted by atomic mass is 10.1. The second-order valence-electron chi connectivity index (χ2n) is 4.21. The molecule has 5 nitrogen and oxygen atoms in total. The summed E-state index contributed by atoms with van der Waals surface area (Å²) in [5.74, 6) is 0. The Balaban J connectivity index is 2.64. The third-order valence-corrected chi connectivity index (χ3v) is 3.41. The molecule has 2 rings (SSSR count). The van der Waals surface area contributed by atoms with Crippen LogP contribution in [0.5, 0.6) is 0 Å². The summed E-state index contributed by atoms with van der Waals surface area (Å²) in [7, 11) is 0. The van der Waals surface area contributed by atoms with Gasteiger partial charge in [-0.1, -0.05) is 24.6 Å². The molecule has 0 saturated heterocycles. The van der Waals surface area contributed by atoms with E-state index in [0.717, 1.165) is 5.56 Å². The van der Waals surface area contributed by atoms with E-state index in [1.54, 1.807) is 25.4 Å². The van der Waals surface area contributed by atoms with Crippen molar-refractivity contribution in [3.8, 4) is 0 Å². The molecule has 1 unspecified atom stereocenters. The average Bonchev–Trinajstić information content (AvgIpc) is 2.39. The molecule has 2 aromatic rings. The number of nitrogens with one attached hydrogen (secondary N) is 1. The van der Waals surface area contributed by atoms with Crippen molar-refractivity contribution in [3.63, 3.8) is 0 Å². The molecule has 0 radical (unpaired) electrons. The Morgan fingerprint density at radius 1 is 1.47 bits per heavy atom. The van der Waals surface area contributed by atoms with Crippen molar-refractivity contribution >= 4 is 11.6 Å². The van der Waals surface area contributed by atoms with Crippen LogP contribution < -0.4 is 11.2 Å². The van der Waals surface area contributed by atoms with E-state index in [0.29, 0.717) is 12.0 Å². The maximum absolute atomic E-state index is 12.3. The quantitative estimate of drug-likeness (QED) is 0.871. The molecule has 0 aliphatic heterocycles. The molecule has 0 spiro atoms. The van der Waals surface area contributed by atoms with Crippen molar-refractivity contribution in [1.82, 2.24) is 14.5 Å². The van der Waals surface area contributed by atoms with Gasteiger partial charge in [0.05, 0.1) is 11.6 Å². The Bertz CT molecular complexity index is 691. The fraction of sp³-hybridized carbons (Fsp3) is 0.308. The van der Waals surface area contributed by atoms with Crippen LogP contribution in [0, 0.1) is 0 Å². The zero-order valence-electron chi connectivity index (χ0n) is 10.7. The van der Waals surface area contributed by atoms with Crippen molar-refractivity contribution < 1.29 is 0 Å². The van der Waals surface area contributed by atoms with E-state index in [2.05, 4.69) is 9.97 Å². The molecule has 0 aliphatic rings. The summed E-state index contributed by atoms with van der Waals surface area (Å²) in [6.07, 6.45) is 3.74. The molecule has 19 heavy (non-hydrogen) atoms. The van der Waals surface area contributed by atoms with E-state index in [1.807, 2.05) is 13.0 Å². The van der Waals surface area contributed by atoms with Gasteiger partial charge in [-0.15, -0.1) is 0 Å². The zero-order chi connectivity index (χ0) is 14.0. The highest BCUT2D eigenvalue weighted by Gasteiger charge is 2.17. The van der Waals surface area contributed by atoms with Gasteiger partial charge in [-0.25, -0.2) is 4.79 Å². The summed E-state index contributed by atoms with van der Waals surface area (Å²) in [6.45, 7) is 3.60.